The first-order chi connectivity index (χ1) is 14.2. The van der Waals surface area contributed by atoms with Crippen molar-refractivity contribution >= 4 is 22.5 Å². The average Bonchev–Trinajstić information content (AvgIpc) is 2.75. The summed E-state index contributed by atoms with van der Waals surface area (Å²) in [6.45, 7) is 3.99. The third-order valence-corrected chi connectivity index (χ3v) is 4.66. The van der Waals surface area contributed by atoms with Crippen LogP contribution in [-0.4, -0.2) is 20.9 Å². The Labute approximate surface area is 168 Å². The SMILES string of the molecule is CCc1nc2ccccc2c(C(=O)Nc2ccc(Oc3ncccn3)cc2)c1C. The highest BCUT2D eigenvalue weighted by Gasteiger charge is 2.17. The number of carbonyl (C=O) groups excluding carboxylic acids is 1. The van der Waals surface area contributed by atoms with E-state index < -0.39 is 0 Å². The molecule has 0 bridgehead atoms. The molecule has 0 fully saturated rings. The van der Waals surface area contributed by atoms with Gasteiger partial charge in [0, 0.05) is 29.2 Å². The predicted octanol–water partition coefficient (Wildman–Crippen LogP) is 4.94. The number of carbonyl (C=O) groups is 1. The molecule has 29 heavy (non-hydrogen) atoms. The number of hydrogen-bond acceptors (Lipinski definition) is 5. The molecule has 2 aromatic heterocycles. The Bertz CT molecular complexity index is 1160. The number of amides is 1. The van der Waals surface area contributed by atoms with Crippen molar-refractivity contribution < 1.29 is 9.53 Å². The summed E-state index contributed by atoms with van der Waals surface area (Å²) in [5.74, 6) is 0.434. The van der Waals surface area contributed by atoms with Crippen LogP contribution in [0.2, 0.25) is 0 Å². The molecular weight excluding hydrogens is 364 g/mol. The lowest BCUT2D eigenvalue weighted by Gasteiger charge is -2.14. The normalized spacial score (nSPS) is 10.7. The Morgan fingerprint density at radius 3 is 2.45 bits per heavy atom. The predicted molar refractivity (Wildman–Crippen MR) is 112 cm³/mol. The molecule has 0 aliphatic carbocycles. The summed E-state index contributed by atoms with van der Waals surface area (Å²) in [5, 5.41) is 3.83. The Morgan fingerprint density at radius 1 is 1.00 bits per heavy atom. The second-order valence-corrected chi connectivity index (χ2v) is 6.54. The van der Waals surface area contributed by atoms with Gasteiger partial charge in [-0.2, -0.15) is 0 Å². The van der Waals surface area contributed by atoms with E-state index in [0.29, 0.717) is 17.0 Å². The number of anilines is 1. The van der Waals surface area contributed by atoms with Gasteiger partial charge in [-0.1, -0.05) is 25.1 Å². The van der Waals surface area contributed by atoms with Gasteiger partial charge in [-0.05, 0) is 55.3 Å². The van der Waals surface area contributed by atoms with Gasteiger partial charge in [0.15, 0.2) is 0 Å². The lowest BCUT2D eigenvalue weighted by atomic mass is 9.99. The molecule has 2 heterocycles. The van der Waals surface area contributed by atoms with Gasteiger partial charge in [0.25, 0.3) is 5.91 Å². The maximum atomic E-state index is 13.1. The molecule has 0 saturated heterocycles. The summed E-state index contributed by atoms with van der Waals surface area (Å²) in [7, 11) is 0. The number of rotatable bonds is 5. The number of para-hydroxylation sites is 1. The van der Waals surface area contributed by atoms with Crippen molar-refractivity contribution in [2.75, 3.05) is 5.32 Å². The van der Waals surface area contributed by atoms with Gasteiger partial charge in [-0.3, -0.25) is 9.78 Å². The molecule has 0 aliphatic heterocycles. The number of hydrogen-bond donors (Lipinski definition) is 1. The molecule has 1 N–H and O–H groups in total. The minimum absolute atomic E-state index is 0.157. The number of ether oxygens (including phenoxy) is 1. The first-order valence-corrected chi connectivity index (χ1v) is 9.40. The van der Waals surface area contributed by atoms with Crippen LogP contribution in [0.15, 0.2) is 67.0 Å². The average molecular weight is 384 g/mol. The molecular formula is C23H20N4O2. The third kappa shape index (κ3) is 3.91. The smallest absolute Gasteiger partial charge is 0.321 e. The van der Waals surface area contributed by atoms with Crippen molar-refractivity contribution in [2.24, 2.45) is 0 Å². The second kappa shape index (κ2) is 8.06. The van der Waals surface area contributed by atoms with Crippen LogP contribution in [0.5, 0.6) is 11.8 Å². The lowest BCUT2D eigenvalue weighted by molar-refractivity contribution is 0.102. The van der Waals surface area contributed by atoms with Crippen molar-refractivity contribution in [1.29, 1.82) is 0 Å². The minimum atomic E-state index is -0.157. The molecule has 144 valence electrons. The van der Waals surface area contributed by atoms with Crippen molar-refractivity contribution in [1.82, 2.24) is 15.0 Å². The first-order valence-electron chi connectivity index (χ1n) is 9.40. The molecule has 0 unspecified atom stereocenters. The fourth-order valence-corrected chi connectivity index (χ4v) is 3.24. The van der Waals surface area contributed by atoms with Crippen LogP contribution in [0.25, 0.3) is 10.9 Å². The summed E-state index contributed by atoms with van der Waals surface area (Å²) >= 11 is 0. The van der Waals surface area contributed by atoms with Crippen LogP contribution in [0.4, 0.5) is 5.69 Å². The number of benzene rings is 2. The molecule has 6 heteroatoms. The standard InChI is InChI=1S/C23H20N4O2/c1-3-19-15(2)21(18-7-4-5-8-20(18)27-19)22(28)26-16-9-11-17(12-10-16)29-23-24-13-6-14-25-23/h4-14H,3H2,1-2H3,(H,26,28). The van der Waals surface area contributed by atoms with E-state index in [1.807, 2.05) is 38.1 Å². The molecule has 0 spiro atoms. The Morgan fingerprint density at radius 2 is 1.72 bits per heavy atom. The highest BCUT2D eigenvalue weighted by atomic mass is 16.5. The molecule has 0 saturated carbocycles. The quantitative estimate of drug-likeness (QED) is 0.527. The van der Waals surface area contributed by atoms with Gasteiger partial charge in [-0.25, -0.2) is 9.97 Å². The van der Waals surface area contributed by atoms with Gasteiger partial charge >= 0.3 is 6.01 Å². The fraction of sp³-hybridized carbons (Fsp3) is 0.130. The number of aryl methyl sites for hydroxylation is 1. The summed E-state index contributed by atoms with van der Waals surface area (Å²) in [5.41, 5.74) is 4.00. The number of nitrogens with one attached hydrogen (secondary N) is 1. The van der Waals surface area contributed by atoms with Crippen LogP contribution < -0.4 is 10.1 Å². The highest BCUT2D eigenvalue weighted by Crippen LogP contribution is 2.25. The van der Waals surface area contributed by atoms with Crippen LogP contribution in [0, 0.1) is 6.92 Å². The van der Waals surface area contributed by atoms with Gasteiger partial charge in [-0.15, -0.1) is 0 Å². The highest BCUT2D eigenvalue weighted by molar-refractivity contribution is 6.13. The largest absolute Gasteiger partial charge is 0.424 e. The van der Waals surface area contributed by atoms with Gasteiger partial charge in [0.2, 0.25) is 0 Å². The Balaban J connectivity index is 1.59. The zero-order chi connectivity index (χ0) is 20.2. The maximum Gasteiger partial charge on any atom is 0.321 e. The van der Waals surface area contributed by atoms with Crippen molar-refractivity contribution in [3.05, 3.63) is 83.8 Å². The Kier molecular flexibility index (Phi) is 5.16. The van der Waals surface area contributed by atoms with E-state index in [-0.39, 0.29) is 11.9 Å². The topological polar surface area (TPSA) is 77.0 Å². The van der Waals surface area contributed by atoms with Crippen molar-refractivity contribution in [3.63, 3.8) is 0 Å². The van der Waals surface area contributed by atoms with Crippen LogP contribution in [0.1, 0.15) is 28.5 Å². The minimum Gasteiger partial charge on any atom is -0.424 e. The zero-order valence-electron chi connectivity index (χ0n) is 16.2. The lowest BCUT2D eigenvalue weighted by Crippen LogP contribution is -2.15. The first kappa shape index (κ1) is 18.6. The fourth-order valence-electron chi connectivity index (χ4n) is 3.24. The maximum absolute atomic E-state index is 13.1. The molecule has 6 nitrogen and oxygen atoms in total. The van der Waals surface area contributed by atoms with E-state index in [4.69, 9.17) is 4.74 Å². The number of nitrogens with zero attached hydrogens (tertiary/aromatic N) is 3. The Hall–Kier alpha value is -3.80. The van der Waals surface area contributed by atoms with E-state index in [2.05, 4.69) is 20.3 Å². The number of fused-ring (bicyclic) bond motifs is 1. The second-order valence-electron chi connectivity index (χ2n) is 6.54. The summed E-state index contributed by atoms with van der Waals surface area (Å²) in [6.07, 6.45) is 4.00. The summed E-state index contributed by atoms with van der Waals surface area (Å²) < 4.78 is 5.59. The zero-order valence-corrected chi connectivity index (χ0v) is 16.2. The third-order valence-electron chi connectivity index (χ3n) is 4.66. The molecule has 4 rings (SSSR count). The number of aromatic nitrogens is 3. The monoisotopic (exact) mass is 384 g/mol. The van der Waals surface area contributed by atoms with Crippen molar-refractivity contribution in [2.45, 2.75) is 20.3 Å². The summed E-state index contributed by atoms with van der Waals surface area (Å²) in [6, 6.07) is 16.8. The molecule has 1 amide bonds. The summed E-state index contributed by atoms with van der Waals surface area (Å²) in [4.78, 5) is 25.9. The van der Waals surface area contributed by atoms with Crippen LogP contribution in [-0.2, 0) is 6.42 Å². The van der Waals surface area contributed by atoms with Crippen molar-refractivity contribution in [3.8, 4) is 11.8 Å². The van der Waals surface area contributed by atoms with Crippen LogP contribution >= 0.6 is 0 Å². The van der Waals surface area contributed by atoms with Gasteiger partial charge in [0.05, 0.1) is 11.1 Å². The van der Waals surface area contributed by atoms with E-state index in [0.717, 1.165) is 28.6 Å². The molecule has 0 aliphatic rings. The van der Waals surface area contributed by atoms with E-state index in [1.54, 1.807) is 42.7 Å². The van der Waals surface area contributed by atoms with Crippen LogP contribution in [0.3, 0.4) is 0 Å². The molecule has 2 aromatic carbocycles. The van der Waals surface area contributed by atoms with E-state index in [1.165, 1.54) is 0 Å². The molecule has 0 radical (unpaired) electrons. The van der Waals surface area contributed by atoms with Gasteiger partial charge in [0.1, 0.15) is 5.75 Å². The molecule has 4 aromatic rings. The van der Waals surface area contributed by atoms with E-state index >= 15 is 0 Å². The molecule has 0 atom stereocenters. The van der Waals surface area contributed by atoms with Gasteiger partial charge < -0.3 is 10.1 Å². The number of pyridine rings is 1. The van der Waals surface area contributed by atoms with E-state index in [9.17, 15) is 4.79 Å².